The summed E-state index contributed by atoms with van der Waals surface area (Å²) < 4.78 is 44.0. The van der Waals surface area contributed by atoms with Crippen LogP contribution < -0.4 is 0 Å². The molecule has 1 aromatic carbocycles. The van der Waals surface area contributed by atoms with Gasteiger partial charge in [-0.1, -0.05) is 22.5 Å². The van der Waals surface area contributed by atoms with Crippen LogP contribution in [0.25, 0.3) is 0 Å². The van der Waals surface area contributed by atoms with Crippen LogP contribution in [0.4, 0.5) is 13.2 Å². The lowest BCUT2D eigenvalue weighted by atomic mass is 9.93. The second-order valence-corrected chi connectivity index (χ2v) is 5.67. The number of aromatic hydroxyl groups is 1. The van der Waals surface area contributed by atoms with Crippen molar-refractivity contribution in [3.63, 3.8) is 0 Å². The van der Waals surface area contributed by atoms with E-state index in [-0.39, 0.29) is 29.0 Å². The Bertz CT molecular complexity index is 596. The summed E-state index contributed by atoms with van der Waals surface area (Å²) in [4.78, 5) is 11.2. The van der Waals surface area contributed by atoms with Crippen LogP contribution >= 0.6 is 15.9 Å². The van der Waals surface area contributed by atoms with Crippen LogP contribution in [0.2, 0.25) is 0 Å². The van der Waals surface area contributed by atoms with Crippen molar-refractivity contribution in [3.8, 4) is 5.75 Å². The molecule has 1 saturated heterocycles. The lowest BCUT2D eigenvalue weighted by molar-refractivity contribution is -0.138. The highest BCUT2D eigenvalue weighted by Gasteiger charge is 2.35. The zero-order chi connectivity index (χ0) is 15.8. The Morgan fingerprint density at radius 1 is 1.43 bits per heavy atom. The van der Waals surface area contributed by atoms with Gasteiger partial charge in [-0.2, -0.15) is 13.2 Å². The second kappa shape index (κ2) is 5.71. The van der Waals surface area contributed by atoms with Gasteiger partial charge in [-0.15, -0.1) is 0 Å². The SMILES string of the molecule is C=C1C(=O)OC[C@H]1CCc1c(Br)cc(O)cc1C(F)(F)F. The molecule has 1 aromatic rings. The molecule has 2 rings (SSSR count). The Kier molecular flexibility index (Phi) is 4.32. The number of benzene rings is 1. The highest BCUT2D eigenvalue weighted by molar-refractivity contribution is 9.10. The summed E-state index contributed by atoms with van der Waals surface area (Å²) in [6, 6.07) is 1.92. The van der Waals surface area contributed by atoms with E-state index in [1.807, 2.05) is 0 Å². The molecular weight excluding hydrogens is 353 g/mol. The smallest absolute Gasteiger partial charge is 0.416 e. The molecular formula is C14H12BrF3O3. The quantitative estimate of drug-likeness (QED) is 0.654. The Balaban J connectivity index is 2.24. The van der Waals surface area contributed by atoms with Crippen LogP contribution in [0.1, 0.15) is 17.5 Å². The average molecular weight is 365 g/mol. The van der Waals surface area contributed by atoms with Gasteiger partial charge < -0.3 is 9.84 Å². The zero-order valence-electron chi connectivity index (χ0n) is 10.8. The molecule has 114 valence electrons. The fourth-order valence-electron chi connectivity index (χ4n) is 2.24. The molecule has 0 spiro atoms. The van der Waals surface area contributed by atoms with Crippen molar-refractivity contribution < 1.29 is 27.8 Å². The topological polar surface area (TPSA) is 46.5 Å². The predicted molar refractivity (Wildman–Crippen MR) is 72.7 cm³/mol. The minimum absolute atomic E-state index is 0.0486. The first-order valence-corrected chi connectivity index (χ1v) is 6.94. The van der Waals surface area contributed by atoms with E-state index in [9.17, 15) is 23.1 Å². The summed E-state index contributed by atoms with van der Waals surface area (Å²) in [5.74, 6) is -1.23. The van der Waals surface area contributed by atoms with E-state index in [1.165, 1.54) is 6.07 Å². The van der Waals surface area contributed by atoms with Gasteiger partial charge in [-0.05, 0) is 30.5 Å². The fraction of sp³-hybridized carbons (Fsp3) is 0.357. The number of phenols is 1. The molecule has 0 aliphatic carbocycles. The third kappa shape index (κ3) is 3.40. The van der Waals surface area contributed by atoms with Gasteiger partial charge in [0.25, 0.3) is 0 Å². The maximum absolute atomic E-state index is 13.0. The molecule has 0 aromatic heterocycles. The fourth-order valence-corrected chi connectivity index (χ4v) is 2.89. The summed E-state index contributed by atoms with van der Waals surface area (Å²) in [5.41, 5.74) is -0.545. The van der Waals surface area contributed by atoms with Crippen molar-refractivity contribution >= 4 is 21.9 Å². The van der Waals surface area contributed by atoms with E-state index in [2.05, 4.69) is 22.5 Å². The maximum Gasteiger partial charge on any atom is 0.416 e. The molecule has 1 aliphatic heterocycles. The average Bonchev–Trinajstić information content (AvgIpc) is 2.67. The highest BCUT2D eigenvalue weighted by Crippen LogP contribution is 2.39. The largest absolute Gasteiger partial charge is 0.508 e. The van der Waals surface area contributed by atoms with Crippen molar-refractivity contribution in [1.29, 1.82) is 0 Å². The van der Waals surface area contributed by atoms with Gasteiger partial charge >= 0.3 is 12.1 Å². The maximum atomic E-state index is 13.0. The third-order valence-corrected chi connectivity index (χ3v) is 4.11. The minimum atomic E-state index is -4.56. The molecule has 0 amide bonds. The summed E-state index contributed by atoms with van der Waals surface area (Å²) in [6.45, 7) is 3.74. The number of cyclic esters (lactones) is 1. The predicted octanol–water partition coefficient (Wildman–Crippen LogP) is 3.84. The standard InChI is InChI=1S/C14H12BrF3O3/c1-7-8(6-21-13(7)20)2-3-10-11(14(16,17)18)4-9(19)5-12(10)15/h4-5,8,19H,1-3,6H2/t8-/m1/s1. The Morgan fingerprint density at radius 2 is 2.10 bits per heavy atom. The van der Waals surface area contributed by atoms with Gasteiger partial charge in [0.2, 0.25) is 0 Å². The van der Waals surface area contributed by atoms with Crippen LogP contribution in [0.3, 0.4) is 0 Å². The molecule has 1 atom stereocenters. The molecule has 7 heteroatoms. The highest BCUT2D eigenvalue weighted by atomic mass is 79.9. The van der Waals surface area contributed by atoms with Gasteiger partial charge in [-0.3, -0.25) is 0 Å². The first-order valence-electron chi connectivity index (χ1n) is 6.14. The van der Waals surface area contributed by atoms with Crippen molar-refractivity contribution in [2.24, 2.45) is 5.92 Å². The number of ether oxygens (including phenoxy) is 1. The molecule has 0 unspecified atom stereocenters. The Labute approximate surface area is 127 Å². The van der Waals surface area contributed by atoms with E-state index >= 15 is 0 Å². The normalized spacial score (nSPS) is 19.0. The molecule has 1 heterocycles. The van der Waals surface area contributed by atoms with Crippen LogP contribution in [-0.4, -0.2) is 17.7 Å². The Morgan fingerprint density at radius 3 is 2.62 bits per heavy atom. The lowest BCUT2D eigenvalue weighted by Crippen LogP contribution is -2.12. The van der Waals surface area contributed by atoms with Crippen molar-refractivity contribution in [3.05, 3.63) is 39.9 Å². The van der Waals surface area contributed by atoms with Crippen LogP contribution in [0.5, 0.6) is 5.75 Å². The summed E-state index contributed by atoms with van der Waals surface area (Å²) in [7, 11) is 0. The first kappa shape index (κ1) is 15.9. The van der Waals surface area contributed by atoms with E-state index in [1.54, 1.807) is 0 Å². The van der Waals surface area contributed by atoms with Crippen molar-refractivity contribution in [1.82, 2.24) is 0 Å². The van der Waals surface area contributed by atoms with Gasteiger partial charge in [0.15, 0.2) is 0 Å². The molecule has 1 aliphatic rings. The number of hydrogen-bond acceptors (Lipinski definition) is 3. The molecule has 1 N–H and O–H groups in total. The van der Waals surface area contributed by atoms with Gasteiger partial charge in [0, 0.05) is 16.0 Å². The number of esters is 1. The lowest BCUT2D eigenvalue weighted by Gasteiger charge is -2.16. The zero-order valence-corrected chi connectivity index (χ0v) is 12.4. The van der Waals surface area contributed by atoms with Crippen LogP contribution in [0.15, 0.2) is 28.8 Å². The number of hydrogen-bond donors (Lipinski definition) is 1. The third-order valence-electron chi connectivity index (χ3n) is 3.40. The number of phenolic OH excluding ortho intramolecular Hbond substituents is 1. The van der Waals surface area contributed by atoms with Crippen molar-refractivity contribution in [2.75, 3.05) is 6.61 Å². The van der Waals surface area contributed by atoms with Crippen molar-refractivity contribution in [2.45, 2.75) is 19.0 Å². The number of alkyl halides is 3. The van der Waals surface area contributed by atoms with Gasteiger partial charge in [-0.25, -0.2) is 4.79 Å². The minimum Gasteiger partial charge on any atom is -0.508 e. The summed E-state index contributed by atoms with van der Waals surface area (Å²) >= 11 is 3.05. The molecule has 0 radical (unpaired) electrons. The molecule has 0 bridgehead atoms. The Hall–Kier alpha value is -1.50. The molecule has 21 heavy (non-hydrogen) atoms. The number of halogens is 4. The molecule has 3 nitrogen and oxygen atoms in total. The van der Waals surface area contributed by atoms with E-state index in [0.717, 1.165) is 0 Å². The van der Waals surface area contributed by atoms with E-state index < -0.39 is 23.5 Å². The molecule has 1 fully saturated rings. The first-order chi connectivity index (χ1) is 9.70. The number of rotatable bonds is 3. The van der Waals surface area contributed by atoms with E-state index in [4.69, 9.17) is 4.74 Å². The van der Waals surface area contributed by atoms with Gasteiger partial charge in [0.05, 0.1) is 12.2 Å². The second-order valence-electron chi connectivity index (χ2n) is 4.81. The molecule has 0 saturated carbocycles. The number of carbonyl (C=O) groups excluding carboxylic acids is 1. The van der Waals surface area contributed by atoms with Gasteiger partial charge in [0.1, 0.15) is 5.75 Å². The van der Waals surface area contributed by atoms with Crippen LogP contribution in [0, 0.1) is 5.92 Å². The monoisotopic (exact) mass is 364 g/mol. The van der Waals surface area contributed by atoms with Crippen LogP contribution in [-0.2, 0) is 22.1 Å². The number of carbonyl (C=O) groups is 1. The van der Waals surface area contributed by atoms with E-state index in [0.29, 0.717) is 18.1 Å². The summed E-state index contributed by atoms with van der Waals surface area (Å²) in [6.07, 6.45) is -4.15. The summed E-state index contributed by atoms with van der Waals surface area (Å²) in [5, 5.41) is 9.33.